The first kappa shape index (κ1) is 53.8. The number of anilines is 3. The van der Waals surface area contributed by atoms with Crippen LogP contribution in [0.25, 0.3) is 66.8 Å². The second-order valence-electron chi connectivity index (χ2n) is 28.9. The zero-order valence-electron chi connectivity index (χ0n) is 51.9. The normalized spacial score (nSPS) is 14.2. The van der Waals surface area contributed by atoms with Crippen molar-refractivity contribution >= 4 is 40.2 Å². The van der Waals surface area contributed by atoms with Crippen LogP contribution in [0.2, 0.25) is 0 Å². The van der Waals surface area contributed by atoms with Crippen LogP contribution >= 0.6 is 0 Å². The molecule has 2 heterocycles. The van der Waals surface area contributed by atoms with Gasteiger partial charge in [0, 0.05) is 22.5 Å². The van der Waals surface area contributed by atoms with E-state index in [1.165, 1.54) is 99.8 Å². The second-order valence-corrected chi connectivity index (χ2v) is 28.9. The van der Waals surface area contributed by atoms with Crippen molar-refractivity contribution in [3.8, 4) is 78.3 Å². The molecule has 0 saturated heterocycles. The summed E-state index contributed by atoms with van der Waals surface area (Å²) >= 11 is 0. The van der Waals surface area contributed by atoms with Crippen molar-refractivity contribution < 1.29 is 4.74 Å². The number of benzene rings is 11. The highest BCUT2D eigenvalue weighted by atomic mass is 16.5. The molecule has 0 unspecified atom stereocenters. The Hall–Kier alpha value is -8.92. The zero-order chi connectivity index (χ0) is 59.4. The maximum absolute atomic E-state index is 7.87. The minimum atomic E-state index is -0.528. The number of ether oxygens (including phenoxy) is 1. The van der Waals surface area contributed by atoms with Crippen molar-refractivity contribution in [3.63, 3.8) is 0 Å². The van der Waals surface area contributed by atoms with E-state index in [0.29, 0.717) is 0 Å². The van der Waals surface area contributed by atoms with Gasteiger partial charge in [-0.3, -0.25) is 0 Å². The Bertz CT molecular complexity index is 4430. The fraction of sp³-hybridized carbons (Fsp3) is 0.205. The fourth-order valence-electron chi connectivity index (χ4n) is 14.7. The molecule has 86 heavy (non-hydrogen) atoms. The van der Waals surface area contributed by atoms with E-state index in [2.05, 4.69) is 319 Å². The number of nitrogens with zero attached hydrogens (tertiary/aromatic N) is 1. The van der Waals surface area contributed by atoms with Gasteiger partial charge in [-0.15, -0.1) is 0 Å². The summed E-state index contributed by atoms with van der Waals surface area (Å²) in [6.07, 6.45) is 0. The Kier molecular flexibility index (Phi) is 11.9. The van der Waals surface area contributed by atoms with E-state index < -0.39 is 5.41 Å². The van der Waals surface area contributed by atoms with Gasteiger partial charge in [-0.25, -0.2) is 0 Å². The monoisotopic (exact) mass is 1110 g/mol. The first-order valence-electron chi connectivity index (χ1n) is 31.0. The second kappa shape index (κ2) is 19.0. The van der Waals surface area contributed by atoms with E-state index in [1.54, 1.807) is 0 Å². The molecule has 3 heteroatoms. The van der Waals surface area contributed by atoms with Gasteiger partial charge in [0.2, 0.25) is 0 Å². The van der Waals surface area contributed by atoms with Crippen molar-refractivity contribution in [2.45, 2.75) is 110 Å². The number of hydrogen-bond acceptors (Lipinski definition) is 2. The average Bonchev–Trinajstić information content (AvgIpc) is 1.44. The largest absolute Gasteiger partial charge is 0.458 e. The summed E-state index contributed by atoms with van der Waals surface area (Å²) in [4.78, 5) is 2.65. The summed E-state index contributed by atoms with van der Waals surface area (Å²) in [5, 5.41) is 0. The lowest BCUT2D eigenvalue weighted by molar-refractivity contribution is 0.486. The highest BCUT2D eigenvalue weighted by molar-refractivity contribution is 6.99. The smallest absolute Gasteiger partial charge is 0.256 e. The third-order valence-corrected chi connectivity index (χ3v) is 19.3. The van der Waals surface area contributed by atoms with Gasteiger partial charge in [0.1, 0.15) is 11.5 Å². The number of para-hydroxylation sites is 1. The summed E-state index contributed by atoms with van der Waals surface area (Å²) < 4.78 is 7.87. The van der Waals surface area contributed by atoms with Crippen LogP contribution in [0.5, 0.6) is 11.5 Å². The predicted molar refractivity (Wildman–Crippen MR) is 365 cm³/mol. The van der Waals surface area contributed by atoms with E-state index >= 15 is 0 Å². The standard InChI is InChI=1S/C83H74BNO/c1-79(2,3)57-40-54(41-58(47-57)80(4,5)6)53-38-39-71-73(44-53)85(78-61(51-26-15-13-16-27-51)33-25-34-62(78)52-28-17-14-18-29-52)74-45-56(55-42-59(81(7,8)9)48-60(43-55)82(10,11)12)46-76-77(74)84(71)72-49-66-65-32-21-24-37-69(65)83(70(66)50-75(72)86-76)67-35-22-19-30-63(67)64-31-20-23-36-68(64)83/h13-50H,1-12H3. The number of rotatable bonds is 5. The molecule has 420 valence electrons. The Morgan fingerprint density at radius 3 is 1.21 bits per heavy atom. The molecule has 11 aromatic rings. The molecule has 0 aromatic heterocycles. The third kappa shape index (κ3) is 8.28. The molecular weight excluding hydrogens is 1040 g/mol. The molecule has 2 nitrogen and oxygen atoms in total. The molecular formula is C83H74BNO. The highest BCUT2D eigenvalue weighted by Crippen LogP contribution is 2.63. The highest BCUT2D eigenvalue weighted by Gasteiger charge is 2.53. The summed E-state index contributed by atoms with van der Waals surface area (Å²) in [5.41, 5.74) is 31.2. The molecule has 0 atom stereocenters. The Balaban J connectivity index is 1.08. The minimum absolute atomic E-state index is 0.0652. The first-order valence-corrected chi connectivity index (χ1v) is 31.0. The quantitative estimate of drug-likeness (QED) is 0.159. The molecule has 15 rings (SSSR count). The molecule has 1 spiro atoms. The lowest BCUT2D eigenvalue weighted by Crippen LogP contribution is -2.59. The molecule has 0 bridgehead atoms. The first-order chi connectivity index (χ1) is 41.2. The summed E-state index contributed by atoms with van der Waals surface area (Å²) in [6, 6.07) is 88.4. The molecule has 0 radical (unpaired) electrons. The van der Waals surface area contributed by atoms with E-state index in [-0.39, 0.29) is 28.4 Å². The van der Waals surface area contributed by atoms with Crippen LogP contribution in [0.3, 0.4) is 0 Å². The van der Waals surface area contributed by atoms with E-state index in [1.807, 2.05) is 0 Å². The maximum atomic E-state index is 7.87. The Morgan fingerprint density at radius 2 is 0.721 bits per heavy atom. The molecule has 4 aliphatic rings. The van der Waals surface area contributed by atoms with Crippen LogP contribution in [0, 0.1) is 0 Å². The van der Waals surface area contributed by atoms with Gasteiger partial charge < -0.3 is 9.64 Å². The molecule has 0 fully saturated rings. The lowest BCUT2D eigenvalue weighted by Gasteiger charge is -2.42. The lowest BCUT2D eigenvalue weighted by atomic mass is 9.34. The molecule has 0 amide bonds. The van der Waals surface area contributed by atoms with Gasteiger partial charge in [0.15, 0.2) is 0 Å². The van der Waals surface area contributed by atoms with Gasteiger partial charge >= 0.3 is 0 Å². The van der Waals surface area contributed by atoms with Gasteiger partial charge in [-0.2, -0.15) is 0 Å². The van der Waals surface area contributed by atoms with Crippen molar-refractivity contribution in [3.05, 3.63) is 275 Å². The SMILES string of the molecule is CC(C)(C)c1cc(-c2ccc3c(c2)N(c2c(-c4ccccc4)cccc2-c2ccccc2)c2cc(-c4cc(C(C)(C)C)cc(C(C)(C)C)c4)cc4c2B3c2cc3c(cc2O4)C2(c4ccccc4-c4ccccc42)c2ccccc2-3)cc(C(C)(C)C)c1. The average molecular weight is 1110 g/mol. The van der Waals surface area contributed by atoms with Crippen molar-refractivity contribution in [2.24, 2.45) is 0 Å². The van der Waals surface area contributed by atoms with E-state index in [4.69, 9.17) is 4.74 Å². The third-order valence-electron chi connectivity index (χ3n) is 19.3. The van der Waals surface area contributed by atoms with Gasteiger partial charge in [0.05, 0.1) is 11.1 Å². The topological polar surface area (TPSA) is 12.5 Å². The molecule has 2 aliphatic carbocycles. The van der Waals surface area contributed by atoms with Gasteiger partial charge in [0.25, 0.3) is 6.71 Å². The van der Waals surface area contributed by atoms with E-state index in [9.17, 15) is 0 Å². The Labute approximate surface area is 510 Å². The number of fused-ring (bicyclic) bond motifs is 14. The molecule has 0 saturated carbocycles. The Morgan fingerprint density at radius 1 is 0.302 bits per heavy atom. The fourth-order valence-corrected chi connectivity index (χ4v) is 14.7. The van der Waals surface area contributed by atoms with Crippen LogP contribution in [0.15, 0.2) is 231 Å². The van der Waals surface area contributed by atoms with Crippen LogP contribution in [0.1, 0.15) is 128 Å². The van der Waals surface area contributed by atoms with Crippen molar-refractivity contribution in [1.29, 1.82) is 0 Å². The molecule has 0 N–H and O–H groups in total. The van der Waals surface area contributed by atoms with Gasteiger partial charge in [-0.05, 0) is 162 Å². The maximum Gasteiger partial charge on any atom is 0.256 e. The minimum Gasteiger partial charge on any atom is -0.458 e. The molecule has 2 aliphatic heterocycles. The van der Waals surface area contributed by atoms with Crippen LogP contribution in [-0.2, 0) is 27.1 Å². The van der Waals surface area contributed by atoms with E-state index in [0.717, 1.165) is 56.4 Å². The van der Waals surface area contributed by atoms with Gasteiger partial charge in [-0.1, -0.05) is 289 Å². The molecule has 11 aromatic carbocycles. The zero-order valence-corrected chi connectivity index (χ0v) is 51.9. The van der Waals surface area contributed by atoms with Crippen LogP contribution in [0.4, 0.5) is 17.1 Å². The summed E-state index contributed by atoms with van der Waals surface area (Å²) in [7, 11) is 0. The van der Waals surface area contributed by atoms with Crippen molar-refractivity contribution in [2.75, 3.05) is 4.90 Å². The van der Waals surface area contributed by atoms with Crippen molar-refractivity contribution in [1.82, 2.24) is 0 Å². The van der Waals surface area contributed by atoms with Crippen LogP contribution < -0.4 is 26.0 Å². The summed E-state index contributed by atoms with van der Waals surface area (Å²) in [5.74, 6) is 1.79. The number of hydrogen-bond donors (Lipinski definition) is 0. The predicted octanol–water partition coefficient (Wildman–Crippen LogP) is 20.3. The summed E-state index contributed by atoms with van der Waals surface area (Å²) in [6.45, 7) is 27.9. The van der Waals surface area contributed by atoms with Crippen LogP contribution in [-0.4, -0.2) is 6.71 Å².